The van der Waals surface area contributed by atoms with Crippen LogP contribution in [-0.2, 0) is 14.8 Å². The summed E-state index contributed by atoms with van der Waals surface area (Å²) < 4.78 is 44.6. The van der Waals surface area contributed by atoms with E-state index in [4.69, 9.17) is 14.2 Å². The zero-order valence-corrected chi connectivity index (χ0v) is 22.0. The number of aryl methyl sites for hydroxylation is 1. The Kier molecular flexibility index (Phi) is 8.82. The first-order chi connectivity index (χ1) is 17.2. The molecule has 192 valence electrons. The molecule has 1 atom stereocenters. The fourth-order valence-electron chi connectivity index (χ4n) is 3.76. The predicted octanol–water partition coefficient (Wildman–Crippen LogP) is 4.48. The first kappa shape index (κ1) is 26.9. The lowest BCUT2D eigenvalue weighted by molar-refractivity contribution is -0.120. The molecule has 3 aromatic carbocycles. The molecule has 9 heteroatoms. The van der Waals surface area contributed by atoms with Gasteiger partial charge in [-0.1, -0.05) is 36.8 Å². The van der Waals surface area contributed by atoms with Crippen LogP contribution in [0.1, 0.15) is 30.5 Å². The lowest BCUT2D eigenvalue weighted by atomic mass is 10.0. The highest BCUT2D eigenvalue weighted by molar-refractivity contribution is 7.92. The zero-order valence-electron chi connectivity index (χ0n) is 21.1. The van der Waals surface area contributed by atoms with E-state index in [1.165, 1.54) is 26.4 Å². The molecule has 0 fully saturated rings. The summed E-state index contributed by atoms with van der Waals surface area (Å²) in [5, 5.41) is 2.96. The second-order valence-electron chi connectivity index (χ2n) is 8.16. The molecule has 0 aromatic heterocycles. The van der Waals surface area contributed by atoms with Crippen LogP contribution in [-0.4, -0.2) is 42.2 Å². The van der Waals surface area contributed by atoms with E-state index in [1.54, 1.807) is 37.4 Å². The number of amides is 1. The monoisotopic (exact) mass is 512 g/mol. The Hall–Kier alpha value is -3.72. The van der Waals surface area contributed by atoms with Gasteiger partial charge in [0.25, 0.3) is 10.0 Å². The van der Waals surface area contributed by atoms with E-state index >= 15 is 0 Å². The number of nitrogens with zero attached hydrogens (tertiary/aromatic N) is 1. The molecule has 3 rings (SSSR count). The van der Waals surface area contributed by atoms with Gasteiger partial charge in [-0.2, -0.15) is 0 Å². The number of anilines is 1. The predicted molar refractivity (Wildman–Crippen MR) is 139 cm³/mol. The Morgan fingerprint density at radius 1 is 0.889 bits per heavy atom. The number of carbonyl (C=O) groups excluding carboxylic acids is 1. The summed E-state index contributed by atoms with van der Waals surface area (Å²) in [6, 6.07) is 18.4. The smallest absolute Gasteiger partial charge is 0.264 e. The van der Waals surface area contributed by atoms with Crippen LogP contribution in [0.25, 0.3) is 0 Å². The molecular weight excluding hydrogens is 480 g/mol. The number of methoxy groups -OCH3 is 3. The average Bonchev–Trinajstić information content (AvgIpc) is 2.90. The standard InChI is InChI=1S/C27H32N2O6S/c1-6-24(20-9-11-21(33-3)12-10-20)28-27(30)18-29(25-17-22(34-4)13-16-26(25)35-5)36(31,32)23-14-7-19(2)8-15-23/h7-17,24H,6,18H2,1-5H3,(H,28,30)/t24-/m1/s1. The van der Waals surface area contributed by atoms with Gasteiger partial charge in [0.05, 0.1) is 38.0 Å². The molecule has 0 bridgehead atoms. The molecule has 0 aliphatic heterocycles. The van der Waals surface area contributed by atoms with Gasteiger partial charge in [0.15, 0.2) is 0 Å². The van der Waals surface area contributed by atoms with Gasteiger partial charge in [0.2, 0.25) is 5.91 Å². The third kappa shape index (κ3) is 6.09. The Morgan fingerprint density at radius 2 is 1.50 bits per heavy atom. The van der Waals surface area contributed by atoms with Crippen molar-refractivity contribution in [1.82, 2.24) is 5.32 Å². The number of sulfonamides is 1. The normalized spacial score (nSPS) is 11.9. The Morgan fingerprint density at radius 3 is 2.06 bits per heavy atom. The van der Waals surface area contributed by atoms with Crippen molar-refractivity contribution in [2.45, 2.75) is 31.2 Å². The molecule has 1 amide bonds. The minimum absolute atomic E-state index is 0.0629. The van der Waals surface area contributed by atoms with Crippen LogP contribution >= 0.6 is 0 Å². The number of hydrogen-bond acceptors (Lipinski definition) is 6. The number of rotatable bonds is 11. The fourth-order valence-corrected chi connectivity index (χ4v) is 5.18. The molecule has 0 heterocycles. The van der Waals surface area contributed by atoms with Gasteiger partial charge in [-0.05, 0) is 55.3 Å². The summed E-state index contributed by atoms with van der Waals surface area (Å²) in [6.45, 7) is 3.37. The quantitative estimate of drug-likeness (QED) is 0.407. The molecule has 0 spiro atoms. The maximum absolute atomic E-state index is 13.8. The van der Waals surface area contributed by atoms with Crippen LogP contribution in [0.3, 0.4) is 0 Å². The minimum atomic E-state index is -4.12. The molecule has 8 nitrogen and oxygen atoms in total. The molecule has 0 unspecified atom stereocenters. The maximum Gasteiger partial charge on any atom is 0.264 e. The molecule has 0 aliphatic carbocycles. The third-order valence-corrected chi connectivity index (χ3v) is 7.59. The fraction of sp³-hybridized carbons (Fsp3) is 0.296. The summed E-state index contributed by atoms with van der Waals surface area (Å²) in [6.07, 6.45) is 0.616. The van der Waals surface area contributed by atoms with E-state index in [0.29, 0.717) is 23.7 Å². The van der Waals surface area contributed by atoms with Crippen LogP contribution in [0.15, 0.2) is 71.6 Å². The molecule has 3 aromatic rings. The second-order valence-corrected chi connectivity index (χ2v) is 10.0. The summed E-state index contributed by atoms with van der Waals surface area (Å²) in [5.41, 5.74) is 2.01. The van der Waals surface area contributed by atoms with Gasteiger partial charge in [0.1, 0.15) is 23.8 Å². The minimum Gasteiger partial charge on any atom is -0.497 e. The lowest BCUT2D eigenvalue weighted by Gasteiger charge is -2.27. The molecule has 0 saturated heterocycles. The van der Waals surface area contributed by atoms with Gasteiger partial charge >= 0.3 is 0 Å². The first-order valence-corrected chi connectivity index (χ1v) is 12.9. The van der Waals surface area contributed by atoms with Gasteiger partial charge in [-0.15, -0.1) is 0 Å². The molecule has 1 N–H and O–H groups in total. The van der Waals surface area contributed by atoms with Crippen molar-refractivity contribution in [2.24, 2.45) is 0 Å². The molecule has 0 saturated carbocycles. The number of carbonyl (C=O) groups is 1. The van der Waals surface area contributed by atoms with E-state index in [2.05, 4.69) is 5.32 Å². The van der Waals surface area contributed by atoms with E-state index < -0.39 is 22.5 Å². The van der Waals surface area contributed by atoms with Gasteiger partial charge in [-0.25, -0.2) is 8.42 Å². The van der Waals surface area contributed by atoms with Crippen molar-refractivity contribution in [3.63, 3.8) is 0 Å². The van der Waals surface area contributed by atoms with Crippen LogP contribution < -0.4 is 23.8 Å². The van der Waals surface area contributed by atoms with E-state index in [9.17, 15) is 13.2 Å². The average molecular weight is 513 g/mol. The van der Waals surface area contributed by atoms with Crippen molar-refractivity contribution in [1.29, 1.82) is 0 Å². The highest BCUT2D eigenvalue weighted by atomic mass is 32.2. The Bertz CT molecular complexity index is 1270. The summed E-state index contributed by atoms with van der Waals surface area (Å²) in [7, 11) is 0.395. The van der Waals surface area contributed by atoms with Crippen LogP contribution in [0.5, 0.6) is 17.2 Å². The van der Waals surface area contributed by atoms with E-state index in [0.717, 1.165) is 15.4 Å². The number of hydrogen-bond donors (Lipinski definition) is 1. The SMILES string of the molecule is CC[C@@H](NC(=O)CN(c1cc(OC)ccc1OC)S(=O)(=O)c1ccc(C)cc1)c1ccc(OC)cc1. The van der Waals surface area contributed by atoms with Crippen molar-refractivity contribution in [3.05, 3.63) is 77.9 Å². The first-order valence-electron chi connectivity index (χ1n) is 11.5. The second kappa shape index (κ2) is 11.8. The number of nitrogens with one attached hydrogen (secondary N) is 1. The zero-order chi connectivity index (χ0) is 26.3. The van der Waals surface area contributed by atoms with Gasteiger partial charge in [-0.3, -0.25) is 9.10 Å². The van der Waals surface area contributed by atoms with Gasteiger partial charge < -0.3 is 19.5 Å². The van der Waals surface area contributed by atoms with Crippen molar-refractivity contribution >= 4 is 21.6 Å². The maximum atomic E-state index is 13.8. The largest absolute Gasteiger partial charge is 0.497 e. The highest BCUT2D eigenvalue weighted by Gasteiger charge is 2.30. The summed E-state index contributed by atoms with van der Waals surface area (Å²) in [5.74, 6) is 0.972. The van der Waals surface area contributed by atoms with Crippen LogP contribution in [0, 0.1) is 6.92 Å². The van der Waals surface area contributed by atoms with Crippen molar-refractivity contribution in [3.8, 4) is 17.2 Å². The van der Waals surface area contributed by atoms with E-state index in [1.807, 2.05) is 38.1 Å². The summed E-state index contributed by atoms with van der Waals surface area (Å²) >= 11 is 0. The molecular formula is C27H32N2O6S. The summed E-state index contributed by atoms with van der Waals surface area (Å²) in [4.78, 5) is 13.3. The van der Waals surface area contributed by atoms with Gasteiger partial charge in [0, 0.05) is 6.07 Å². The van der Waals surface area contributed by atoms with Crippen LogP contribution in [0.2, 0.25) is 0 Å². The van der Waals surface area contributed by atoms with Crippen LogP contribution in [0.4, 0.5) is 5.69 Å². The topological polar surface area (TPSA) is 94.2 Å². The lowest BCUT2D eigenvalue weighted by Crippen LogP contribution is -2.42. The highest BCUT2D eigenvalue weighted by Crippen LogP contribution is 2.35. The Labute approximate surface area is 212 Å². The van der Waals surface area contributed by atoms with Crippen molar-refractivity contribution < 1.29 is 27.4 Å². The van der Waals surface area contributed by atoms with Crippen molar-refractivity contribution in [2.75, 3.05) is 32.2 Å². The van der Waals surface area contributed by atoms with E-state index in [-0.39, 0.29) is 16.6 Å². The number of ether oxygens (including phenoxy) is 3. The molecule has 0 aliphatic rings. The Balaban J connectivity index is 1.99. The molecule has 0 radical (unpaired) electrons. The third-order valence-electron chi connectivity index (χ3n) is 5.81. The number of benzene rings is 3. The molecule has 36 heavy (non-hydrogen) atoms.